The maximum atomic E-state index is 9.60. The molecule has 110 valence electrons. The molecule has 1 unspecified atom stereocenters. The second kappa shape index (κ2) is 6.62. The van der Waals surface area contributed by atoms with Crippen molar-refractivity contribution >= 4 is 5.69 Å². The van der Waals surface area contributed by atoms with Crippen LogP contribution in [-0.2, 0) is 6.42 Å². The van der Waals surface area contributed by atoms with E-state index in [0.29, 0.717) is 0 Å². The number of hydrogen-bond donors (Lipinski definition) is 1. The Labute approximate surface area is 122 Å². The number of hydrogen-bond acceptors (Lipinski definition) is 2. The monoisotopic (exact) mass is 273 g/mol. The summed E-state index contributed by atoms with van der Waals surface area (Å²) in [5, 5.41) is 9.60. The quantitative estimate of drug-likeness (QED) is 0.902. The molecular weight excluding hydrogens is 246 g/mol. The summed E-state index contributed by atoms with van der Waals surface area (Å²) in [6.07, 6.45) is 10.6. The van der Waals surface area contributed by atoms with E-state index in [2.05, 4.69) is 29.2 Å². The summed E-state index contributed by atoms with van der Waals surface area (Å²) < 4.78 is 0. The Morgan fingerprint density at radius 3 is 2.40 bits per heavy atom. The lowest BCUT2D eigenvalue weighted by atomic mass is 9.85. The van der Waals surface area contributed by atoms with Gasteiger partial charge in [-0.2, -0.15) is 0 Å². The van der Waals surface area contributed by atoms with Crippen molar-refractivity contribution in [2.45, 2.75) is 57.5 Å². The molecule has 1 saturated heterocycles. The van der Waals surface area contributed by atoms with Crippen molar-refractivity contribution in [2.24, 2.45) is 5.92 Å². The lowest BCUT2D eigenvalue weighted by molar-refractivity contribution is 0.198. The summed E-state index contributed by atoms with van der Waals surface area (Å²) in [5.74, 6) is 0.970. The van der Waals surface area contributed by atoms with Gasteiger partial charge in [0, 0.05) is 18.8 Å². The number of rotatable bonds is 4. The first-order valence-electron chi connectivity index (χ1n) is 8.33. The van der Waals surface area contributed by atoms with E-state index >= 15 is 0 Å². The average molecular weight is 273 g/mol. The van der Waals surface area contributed by atoms with Crippen LogP contribution in [0.1, 0.15) is 50.5 Å². The molecule has 0 spiro atoms. The van der Waals surface area contributed by atoms with Gasteiger partial charge < -0.3 is 10.0 Å². The van der Waals surface area contributed by atoms with E-state index in [9.17, 15) is 5.11 Å². The summed E-state index contributed by atoms with van der Waals surface area (Å²) in [5.41, 5.74) is 2.74. The molecule has 1 aliphatic heterocycles. The Morgan fingerprint density at radius 1 is 1.00 bits per heavy atom. The highest BCUT2D eigenvalue weighted by Crippen LogP contribution is 2.28. The molecule has 1 N–H and O–H groups in total. The minimum atomic E-state index is -0.138. The molecule has 2 aliphatic rings. The van der Waals surface area contributed by atoms with Crippen LogP contribution in [0, 0.1) is 5.92 Å². The maximum Gasteiger partial charge on any atom is 0.0731 e. The topological polar surface area (TPSA) is 23.5 Å². The molecule has 1 heterocycles. The maximum absolute atomic E-state index is 9.60. The average Bonchev–Trinajstić information content (AvgIpc) is 2.93. The lowest BCUT2D eigenvalue weighted by Gasteiger charge is -2.21. The number of β-amino-alcohol motifs (C(OH)–C–C–N with tert-alkyl or cyclic N) is 1. The smallest absolute Gasteiger partial charge is 0.0731 e. The van der Waals surface area contributed by atoms with Gasteiger partial charge in [-0.1, -0.05) is 44.2 Å². The molecule has 2 nitrogen and oxygen atoms in total. The van der Waals surface area contributed by atoms with Crippen molar-refractivity contribution in [3.8, 4) is 0 Å². The van der Waals surface area contributed by atoms with Gasteiger partial charge >= 0.3 is 0 Å². The lowest BCUT2D eigenvalue weighted by Crippen LogP contribution is -2.20. The van der Waals surface area contributed by atoms with Crippen molar-refractivity contribution in [2.75, 3.05) is 18.0 Å². The van der Waals surface area contributed by atoms with E-state index in [0.717, 1.165) is 25.4 Å². The van der Waals surface area contributed by atoms with Crippen molar-refractivity contribution in [3.63, 3.8) is 0 Å². The van der Waals surface area contributed by atoms with Crippen LogP contribution in [0.25, 0.3) is 0 Å². The van der Waals surface area contributed by atoms with E-state index in [1.54, 1.807) is 0 Å². The van der Waals surface area contributed by atoms with Crippen LogP contribution in [0.15, 0.2) is 24.3 Å². The van der Waals surface area contributed by atoms with Crippen LogP contribution in [0.4, 0.5) is 5.69 Å². The number of anilines is 1. The zero-order chi connectivity index (χ0) is 13.8. The highest BCUT2D eigenvalue weighted by Gasteiger charge is 2.20. The van der Waals surface area contributed by atoms with E-state index in [4.69, 9.17) is 0 Å². The molecule has 1 saturated carbocycles. The first-order chi connectivity index (χ1) is 9.81. The van der Waals surface area contributed by atoms with Crippen LogP contribution >= 0.6 is 0 Å². The minimum Gasteiger partial charge on any atom is -0.391 e. The molecule has 0 amide bonds. The molecule has 1 aliphatic carbocycles. The molecule has 0 bridgehead atoms. The fourth-order valence-corrected chi connectivity index (χ4v) is 3.70. The van der Waals surface area contributed by atoms with Crippen molar-refractivity contribution in [3.05, 3.63) is 29.8 Å². The summed E-state index contributed by atoms with van der Waals surface area (Å²) in [6, 6.07) is 9.02. The predicted octanol–water partition coefficient (Wildman–Crippen LogP) is 3.77. The normalized spacial score (nSPS) is 24.2. The van der Waals surface area contributed by atoms with Gasteiger partial charge in [-0.05, 0) is 42.9 Å². The Kier molecular flexibility index (Phi) is 4.62. The molecule has 20 heavy (non-hydrogen) atoms. The van der Waals surface area contributed by atoms with E-state index in [1.807, 2.05) is 0 Å². The fraction of sp³-hybridized carbons (Fsp3) is 0.667. The molecule has 2 heteroatoms. The largest absolute Gasteiger partial charge is 0.391 e. The minimum absolute atomic E-state index is 0.138. The van der Waals surface area contributed by atoms with Crippen LogP contribution in [0.3, 0.4) is 0 Å². The van der Waals surface area contributed by atoms with Gasteiger partial charge in [0.05, 0.1) is 6.10 Å². The van der Waals surface area contributed by atoms with Gasteiger partial charge in [0.2, 0.25) is 0 Å². The van der Waals surface area contributed by atoms with E-state index < -0.39 is 0 Å². The van der Waals surface area contributed by atoms with Crippen LogP contribution < -0.4 is 4.90 Å². The second-order valence-corrected chi connectivity index (χ2v) is 6.60. The summed E-state index contributed by atoms with van der Waals surface area (Å²) >= 11 is 0. The fourth-order valence-electron chi connectivity index (χ4n) is 3.70. The Morgan fingerprint density at radius 2 is 1.75 bits per heavy atom. The van der Waals surface area contributed by atoms with Crippen molar-refractivity contribution < 1.29 is 5.11 Å². The summed E-state index contributed by atoms with van der Waals surface area (Å²) in [7, 11) is 0. The number of benzene rings is 1. The molecule has 1 aromatic rings. The third kappa shape index (κ3) is 3.54. The van der Waals surface area contributed by atoms with Crippen LogP contribution in [0.5, 0.6) is 0 Å². The number of nitrogens with zero attached hydrogens (tertiary/aromatic N) is 1. The van der Waals surface area contributed by atoms with Gasteiger partial charge in [-0.3, -0.25) is 0 Å². The van der Waals surface area contributed by atoms with Gasteiger partial charge in [0.1, 0.15) is 0 Å². The van der Waals surface area contributed by atoms with Crippen molar-refractivity contribution in [1.29, 1.82) is 0 Å². The van der Waals surface area contributed by atoms with Gasteiger partial charge in [0.15, 0.2) is 0 Å². The number of aliphatic hydroxyl groups excluding tert-OH is 1. The zero-order valence-electron chi connectivity index (χ0n) is 12.4. The zero-order valence-corrected chi connectivity index (χ0v) is 12.4. The summed E-state index contributed by atoms with van der Waals surface area (Å²) in [6.45, 7) is 1.78. The first kappa shape index (κ1) is 13.9. The van der Waals surface area contributed by atoms with Crippen LogP contribution in [0.2, 0.25) is 0 Å². The predicted molar refractivity (Wildman–Crippen MR) is 84.2 cm³/mol. The molecule has 2 fully saturated rings. The van der Waals surface area contributed by atoms with Gasteiger partial charge in [-0.25, -0.2) is 0 Å². The Bertz CT molecular complexity index is 408. The van der Waals surface area contributed by atoms with Crippen molar-refractivity contribution in [1.82, 2.24) is 0 Å². The Balaban J connectivity index is 1.50. The third-order valence-corrected chi connectivity index (χ3v) is 5.03. The molecule has 3 rings (SSSR count). The molecule has 1 atom stereocenters. The number of aliphatic hydroxyl groups is 1. The highest BCUT2D eigenvalue weighted by atomic mass is 16.3. The summed E-state index contributed by atoms with van der Waals surface area (Å²) in [4.78, 5) is 2.29. The van der Waals surface area contributed by atoms with Gasteiger partial charge in [0.25, 0.3) is 0 Å². The van der Waals surface area contributed by atoms with E-state index in [1.165, 1.54) is 56.2 Å². The van der Waals surface area contributed by atoms with Gasteiger partial charge in [-0.15, -0.1) is 0 Å². The van der Waals surface area contributed by atoms with Crippen LogP contribution in [-0.4, -0.2) is 24.3 Å². The molecule has 0 aromatic heterocycles. The third-order valence-electron chi connectivity index (χ3n) is 5.03. The molecule has 1 aromatic carbocycles. The molecular formula is C18H27NO. The second-order valence-electron chi connectivity index (χ2n) is 6.60. The van der Waals surface area contributed by atoms with E-state index in [-0.39, 0.29) is 6.10 Å². The standard InChI is InChI=1S/C18H27NO/c20-18-12-13-19(14-18)17-10-8-16(9-11-17)7-6-15-4-2-1-3-5-15/h8-11,15,18,20H,1-7,12-14H2. The first-order valence-corrected chi connectivity index (χ1v) is 8.33. The number of aryl methyl sites for hydroxylation is 1. The SMILES string of the molecule is OC1CCN(c2ccc(CCC3CCCCC3)cc2)C1. The Hall–Kier alpha value is -1.02. The highest BCUT2D eigenvalue weighted by molar-refractivity contribution is 5.48. The molecule has 0 radical (unpaired) electrons.